The van der Waals surface area contributed by atoms with E-state index in [9.17, 15) is 17.6 Å². The van der Waals surface area contributed by atoms with Gasteiger partial charge in [-0.3, -0.25) is 0 Å². The summed E-state index contributed by atoms with van der Waals surface area (Å²) in [5.41, 5.74) is 2.06. The molecule has 0 aliphatic carbocycles. The van der Waals surface area contributed by atoms with Crippen LogP contribution in [0.4, 0.5) is 9.18 Å². The van der Waals surface area contributed by atoms with E-state index in [1.54, 1.807) is 36.7 Å². The van der Waals surface area contributed by atoms with Crippen molar-refractivity contribution in [3.05, 3.63) is 71.6 Å². The van der Waals surface area contributed by atoms with Crippen LogP contribution in [0.2, 0.25) is 0 Å². The van der Waals surface area contributed by atoms with Crippen molar-refractivity contribution in [2.45, 2.75) is 38.6 Å². The third-order valence-corrected chi connectivity index (χ3v) is 6.38. The van der Waals surface area contributed by atoms with Crippen molar-refractivity contribution in [1.29, 1.82) is 0 Å². The minimum atomic E-state index is -4.22. The average molecular weight is 460 g/mol. The summed E-state index contributed by atoms with van der Waals surface area (Å²) >= 11 is 0. The standard InChI is InChI=1S/C23H26FN3O4S/c1-15(2)11-17-5-8-22(32(29,30)26-23(28)31-4)20(12-17)18-6-7-19(21(24)13-18)14-27-10-9-25-16(27)3/h5-10,12-13,15H,11,14H2,1-4H3,(H,26,28). The Hall–Kier alpha value is -3.20. The molecule has 32 heavy (non-hydrogen) atoms. The predicted octanol–water partition coefficient (Wildman–Crippen LogP) is 4.29. The van der Waals surface area contributed by atoms with Crippen LogP contribution in [0.15, 0.2) is 53.7 Å². The summed E-state index contributed by atoms with van der Waals surface area (Å²) in [6.07, 6.45) is 3.03. The average Bonchev–Trinajstić information content (AvgIpc) is 3.13. The molecule has 7 nitrogen and oxygen atoms in total. The molecular weight excluding hydrogens is 433 g/mol. The number of aryl methyl sites for hydroxylation is 1. The van der Waals surface area contributed by atoms with E-state index in [-0.39, 0.29) is 4.90 Å². The quantitative estimate of drug-likeness (QED) is 0.569. The molecule has 2 aromatic carbocycles. The SMILES string of the molecule is COC(=O)NS(=O)(=O)c1ccc(CC(C)C)cc1-c1ccc(Cn2ccnc2C)c(F)c1. The molecule has 0 atom stereocenters. The molecule has 1 heterocycles. The summed E-state index contributed by atoms with van der Waals surface area (Å²) in [6, 6.07) is 9.47. The fourth-order valence-electron chi connectivity index (χ4n) is 3.44. The lowest BCUT2D eigenvalue weighted by Crippen LogP contribution is -2.30. The fraction of sp³-hybridized carbons (Fsp3) is 0.304. The number of carbonyl (C=O) groups excluding carboxylic acids is 1. The van der Waals surface area contributed by atoms with Crippen molar-refractivity contribution in [2.24, 2.45) is 5.92 Å². The molecule has 0 unspecified atom stereocenters. The van der Waals surface area contributed by atoms with E-state index in [1.165, 1.54) is 12.1 Å². The number of hydrogen-bond donors (Lipinski definition) is 1. The first kappa shape index (κ1) is 23.5. The van der Waals surface area contributed by atoms with Gasteiger partial charge in [0.2, 0.25) is 0 Å². The number of amides is 1. The third kappa shape index (κ3) is 5.34. The molecule has 0 fully saturated rings. The molecular formula is C23H26FN3O4S. The second-order valence-corrected chi connectivity index (χ2v) is 9.58. The number of methoxy groups -OCH3 is 1. The minimum Gasteiger partial charge on any atom is -0.452 e. The highest BCUT2D eigenvalue weighted by Gasteiger charge is 2.23. The molecule has 1 N–H and O–H groups in total. The third-order valence-electron chi connectivity index (χ3n) is 5.01. The number of sulfonamides is 1. The summed E-state index contributed by atoms with van der Waals surface area (Å²) in [4.78, 5) is 15.6. The van der Waals surface area contributed by atoms with Crippen LogP contribution >= 0.6 is 0 Å². The molecule has 0 saturated heterocycles. The van der Waals surface area contributed by atoms with Gasteiger partial charge in [0.15, 0.2) is 0 Å². The van der Waals surface area contributed by atoms with Crippen molar-refractivity contribution in [3.63, 3.8) is 0 Å². The molecule has 0 saturated carbocycles. The number of aromatic nitrogens is 2. The Bertz CT molecular complexity index is 1240. The molecule has 0 bridgehead atoms. The van der Waals surface area contributed by atoms with Crippen molar-refractivity contribution in [3.8, 4) is 11.1 Å². The first-order chi connectivity index (χ1) is 15.1. The van der Waals surface area contributed by atoms with E-state index in [0.717, 1.165) is 24.9 Å². The van der Waals surface area contributed by atoms with Gasteiger partial charge in [-0.15, -0.1) is 0 Å². The Kier molecular flexibility index (Phi) is 6.98. The Labute approximate surface area is 187 Å². The topological polar surface area (TPSA) is 90.3 Å². The van der Waals surface area contributed by atoms with Crippen LogP contribution in [0.3, 0.4) is 0 Å². The van der Waals surface area contributed by atoms with Crippen LogP contribution < -0.4 is 4.72 Å². The van der Waals surface area contributed by atoms with Gasteiger partial charge in [-0.1, -0.05) is 32.0 Å². The number of nitrogens with zero attached hydrogens (tertiary/aromatic N) is 2. The van der Waals surface area contributed by atoms with E-state index < -0.39 is 21.9 Å². The summed E-state index contributed by atoms with van der Waals surface area (Å²) in [5, 5.41) is 0. The van der Waals surface area contributed by atoms with Crippen LogP contribution in [0, 0.1) is 18.7 Å². The highest BCUT2D eigenvalue weighted by Crippen LogP contribution is 2.31. The monoisotopic (exact) mass is 459 g/mol. The number of halogens is 1. The lowest BCUT2D eigenvalue weighted by molar-refractivity contribution is 0.177. The van der Waals surface area contributed by atoms with Crippen LogP contribution in [0.5, 0.6) is 0 Å². The number of ether oxygens (including phenoxy) is 1. The van der Waals surface area contributed by atoms with Gasteiger partial charge in [-0.05, 0) is 48.6 Å². The fourth-order valence-corrected chi connectivity index (χ4v) is 4.57. The smallest absolute Gasteiger partial charge is 0.420 e. The van der Waals surface area contributed by atoms with Gasteiger partial charge in [0.05, 0.1) is 18.6 Å². The highest BCUT2D eigenvalue weighted by molar-refractivity contribution is 7.90. The largest absolute Gasteiger partial charge is 0.452 e. The molecule has 9 heteroatoms. The first-order valence-corrected chi connectivity index (χ1v) is 11.6. The molecule has 1 aromatic heterocycles. The number of nitrogens with one attached hydrogen (secondary N) is 1. The molecule has 170 valence electrons. The Morgan fingerprint density at radius 2 is 1.97 bits per heavy atom. The van der Waals surface area contributed by atoms with Crippen LogP contribution in [0.25, 0.3) is 11.1 Å². The van der Waals surface area contributed by atoms with Gasteiger partial charge >= 0.3 is 6.09 Å². The maximum Gasteiger partial charge on any atom is 0.420 e. The number of carbonyl (C=O) groups is 1. The van der Waals surface area contributed by atoms with Gasteiger partial charge in [0.25, 0.3) is 10.0 Å². The van der Waals surface area contributed by atoms with Crippen LogP contribution in [0.1, 0.15) is 30.8 Å². The van der Waals surface area contributed by atoms with Gasteiger partial charge in [0, 0.05) is 23.5 Å². The van der Waals surface area contributed by atoms with E-state index in [2.05, 4.69) is 23.6 Å². The summed E-state index contributed by atoms with van der Waals surface area (Å²) < 4.78 is 48.7. The van der Waals surface area contributed by atoms with Gasteiger partial charge in [-0.25, -0.2) is 27.3 Å². The molecule has 0 aliphatic heterocycles. The molecule has 1 amide bonds. The molecule has 0 spiro atoms. The van der Waals surface area contributed by atoms with Crippen molar-refractivity contribution >= 4 is 16.1 Å². The van der Waals surface area contributed by atoms with Crippen LogP contribution in [-0.4, -0.2) is 31.2 Å². The summed E-state index contributed by atoms with van der Waals surface area (Å²) in [6.45, 7) is 6.24. The zero-order chi connectivity index (χ0) is 23.5. The summed E-state index contributed by atoms with van der Waals surface area (Å²) in [5.74, 6) is 0.641. The molecule has 3 aromatic rings. The maximum absolute atomic E-state index is 15.0. The number of imidazole rings is 1. The van der Waals surface area contributed by atoms with Crippen molar-refractivity contribution in [2.75, 3.05) is 7.11 Å². The van der Waals surface area contributed by atoms with Gasteiger partial charge in [0.1, 0.15) is 11.6 Å². The lowest BCUT2D eigenvalue weighted by Gasteiger charge is -2.15. The van der Waals surface area contributed by atoms with Crippen molar-refractivity contribution < 1.29 is 22.3 Å². The summed E-state index contributed by atoms with van der Waals surface area (Å²) in [7, 11) is -3.15. The number of benzene rings is 2. The Morgan fingerprint density at radius 1 is 1.22 bits per heavy atom. The van der Waals surface area contributed by atoms with Gasteiger partial charge < -0.3 is 9.30 Å². The van der Waals surface area contributed by atoms with Gasteiger partial charge in [-0.2, -0.15) is 0 Å². The first-order valence-electron chi connectivity index (χ1n) is 10.1. The molecule has 0 radical (unpaired) electrons. The predicted molar refractivity (Wildman–Crippen MR) is 119 cm³/mol. The number of rotatable bonds is 7. The Morgan fingerprint density at radius 3 is 2.56 bits per heavy atom. The zero-order valence-electron chi connectivity index (χ0n) is 18.4. The highest BCUT2D eigenvalue weighted by atomic mass is 32.2. The van der Waals surface area contributed by atoms with E-state index >= 15 is 0 Å². The molecule has 3 rings (SSSR count). The lowest BCUT2D eigenvalue weighted by atomic mass is 9.97. The Balaban J connectivity index is 2.06. The number of hydrogen-bond acceptors (Lipinski definition) is 5. The second kappa shape index (κ2) is 9.52. The maximum atomic E-state index is 15.0. The normalized spacial score (nSPS) is 11.6. The van der Waals surface area contributed by atoms with Crippen molar-refractivity contribution in [1.82, 2.24) is 14.3 Å². The molecule has 0 aliphatic rings. The van der Waals surface area contributed by atoms with E-state index in [1.807, 2.05) is 16.2 Å². The minimum absolute atomic E-state index is 0.131. The van der Waals surface area contributed by atoms with E-state index in [0.29, 0.717) is 29.2 Å². The van der Waals surface area contributed by atoms with Crippen LogP contribution in [-0.2, 0) is 27.7 Å². The zero-order valence-corrected chi connectivity index (χ0v) is 19.2. The second-order valence-electron chi connectivity index (χ2n) is 7.93. The van der Waals surface area contributed by atoms with E-state index in [4.69, 9.17) is 0 Å².